The highest BCUT2D eigenvalue weighted by Crippen LogP contribution is 2.41. The molecule has 2 aromatic heterocycles. The number of carboxylic acids is 1. The second kappa shape index (κ2) is 12.7. The van der Waals surface area contributed by atoms with Crippen LogP contribution in [0.1, 0.15) is 29.9 Å². The molecule has 2 aromatic carbocycles. The lowest BCUT2D eigenvalue weighted by molar-refractivity contribution is -0.134. The quantitative estimate of drug-likeness (QED) is 0.154. The van der Waals surface area contributed by atoms with Gasteiger partial charge in [-0.15, -0.1) is 10.2 Å². The van der Waals surface area contributed by atoms with E-state index in [4.69, 9.17) is 35.3 Å². The molecule has 0 aliphatic carbocycles. The summed E-state index contributed by atoms with van der Waals surface area (Å²) in [7, 11) is 4.57. The molecule has 0 bridgehead atoms. The zero-order valence-corrected chi connectivity index (χ0v) is 21.6. The summed E-state index contributed by atoms with van der Waals surface area (Å²) in [6.07, 6.45) is 1.51. The fourth-order valence-corrected chi connectivity index (χ4v) is 3.52. The predicted molar refractivity (Wildman–Crippen MR) is 142 cm³/mol. The average Bonchev–Trinajstić information content (AvgIpc) is 3.32. The number of nitrogens with zero attached hydrogens (tertiary/aromatic N) is 4. The van der Waals surface area contributed by atoms with Crippen molar-refractivity contribution in [3.8, 4) is 23.1 Å². The van der Waals surface area contributed by atoms with Crippen LogP contribution in [0.5, 0.6) is 17.2 Å². The van der Waals surface area contributed by atoms with Crippen molar-refractivity contribution in [2.45, 2.75) is 13.0 Å². The summed E-state index contributed by atoms with van der Waals surface area (Å²) in [6, 6.07) is 13.2. The maximum Gasteiger partial charge on any atom is 0.349 e. The number of nitrogens with two attached hydrogens (primary N) is 1. The summed E-state index contributed by atoms with van der Waals surface area (Å²) in [5, 5.41) is 30.6. The number of H-pyrrole nitrogens is 1. The Hall–Kier alpha value is -5.40. The van der Waals surface area contributed by atoms with Crippen molar-refractivity contribution < 1.29 is 24.1 Å². The van der Waals surface area contributed by atoms with Gasteiger partial charge in [-0.3, -0.25) is 15.2 Å². The van der Waals surface area contributed by atoms with E-state index in [2.05, 4.69) is 25.6 Å². The lowest BCUT2D eigenvalue weighted by Gasteiger charge is -2.21. The van der Waals surface area contributed by atoms with E-state index in [0.717, 1.165) is 11.6 Å². The summed E-state index contributed by atoms with van der Waals surface area (Å²) >= 11 is 0. The largest absolute Gasteiger partial charge is 0.493 e. The first-order valence-corrected chi connectivity index (χ1v) is 11.4. The summed E-state index contributed by atoms with van der Waals surface area (Å²) in [5.41, 5.74) is 7.05. The monoisotopic (exact) mass is 536 g/mol. The van der Waals surface area contributed by atoms with Crippen molar-refractivity contribution in [2.24, 2.45) is 5.73 Å². The smallest absolute Gasteiger partial charge is 0.349 e. The van der Waals surface area contributed by atoms with Gasteiger partial charge in [-0.25, -0.2) is 4.79 Å². The second-order valence-electron chi connectivity index (χ2n) is 7.86. The molecule has 0 saturated carbocycles. The van der Waals surface area contributed by atoms with Crippen molar-refractivity contribution in [2.75, 3.05) is 26.6 Å². The fourth-order valence-electron chi connectivity index (χ4n) is 3.52. The molecule has 2 heterocycles. The van der Waals surface area contributed by atoms with Crippen LogP contribution in [-0.2, 0) is 4.79 Å². The Kier molecular flexibility index (Phi) is 9.19. The molecule has 14 heteroatoms. The van der Waals surface area contributed by atoms with Crippen LogP contribution in [0.2, 0.25) is 0 Å². The molecular weight excluding hydrogens is 508 g/mol. The summed E-state index contributed by atoms with van der Waals surface area (Å²) in [5.74, 6) is 1.03. The Bertz CT molecular complexity index is 1460. The van der Waals surface area contributed by atoms with Crippen LogP contribution in [0.15, 0.2) is 59.5 Å². The lowest BCUT2D eigenvalue weighted by Crippen LogP contribution is -2.17. The number of aromatic nitrogens is 5. The van der Waals surface area contributed by atoms with Gasteiger partial charge in [0.15, 0.2) is 23.1 Å². The molecule has 6 N–H and O–H groups in total. The molecule has 14 nitrogen and oxygen atoms in total. The Morgan fingerprint density at radius 3 is 2.21 bits per heavy atom. The van der Waals surface area contributed by atoms with E-state index in [-0.39, 0.29) is 11.7 Å². The molecule has 0 saturated heterocycles. The van der Waals surface area contributed by atoms with Crippen LogP contribution >= 0.6 is 0 Å². The highest BCUT2D eigenvalue weighted by molar-refractivity contribution is 5.95. The van der Waals surface area contributed by atoms with E-state index in [1.165, 1.54) is 27.5 Å². The third kappa shape index (κ3) is 6.88. The second-order valence-corrected chi connectivity index (χ2v) is 7.86. The molecule has 204 valence electrons. The van der Waals surface area contributed by atoms with E-state index >= 15 is 0 Å². The number of hydrogen-bond donors (Lipinski definition) is 5. The Labute approximate surface area is 222 Å². The average molecular weight is 537 g/mol. The van der Waals surface area contributed by atoms with Gasteiger partial charge in [0, 0.05) is 24.4 Å². The van der Waals surface area contributed by atoms with Gasteiger partial charge in [0.1, 0.15) is 11.9 Å². The van der Waals surface area contributed by atoms with Crippen molar-refractivity contribution in [3.63, 3.8) is 0 Å². The molecule has 0 spiro atoms. The van der Waals surface area contributed by atoms with Gasteiger partial charge in [-0.05, 0) is 54.1 Å². The third-order valence-electron chi connectivity index (χ3n) is 5.21. The zero-order chi connectivity index (χ0) is 28.5. The molecular formula is C25H28N8O6. The molecule has 1 unspecified atom stereocenters. The number of carboxylic acid groups (broad SMARTS) is 1. The Morgan fingerprint density at radius 2 is 1.72 bits per heavy atom. The predicted octanol–water partition coefficient (Wildman–Crippen LogP) is 1.95. The molecule has 0 aliphatic heterocycles. The molecule has 4 rings (SSSR count). The van der Waals surface area contributed by atoms with Crippen molar-refractivity contribution in [1.29, 1.82) is 5.41 Å². The summed E-state index contributed by atoms with van der Waals surface area (Å²) in [4.78, 5) is 24.5. The first-order chi connectivity index (χ1) is 18.7. The van der Waals surface area contributed by atoms with Crippen LogP contribution in [0.25, 0.3) is 5.82 Å². The Morgan fingerprint density at radius 1 is 1.10 bits per heavy atom. The van der Waals surface area contributed by atoms with Gasteiger partial charge in [0.2, 0.25) is 5.75 Å². The lowest BCUT2D eigenvalue weighted by atomic mass is 10.0. The van der Waals surface area contributed by atoms with Crippen LogP contribution in [0.4, 0.5) is 5.69 Å². The summed E-state index contributed by atoms with van der Waals surface area (Å²) < 4.78 is 17.6. The number of anilines is 1. The van der Waals surface area contributed by atoms with Crippen LogP contribution in [0, 0.1) is 5.41 Å². The minimum atomic E-state index is -0.833. The van der Waals surface area contributed by atoms with E-state index in [1.54, 1.807) is 48.5 Å². The molecule has 1 atom stereocenters. The molecule has 0 radical (unpaired) electrons. The first kappa shape index (κ1) is 28.2. The highest BCUT2D eigenvalue weighted by atomic mass is 16.5. The fraction of sp³-hybridized carbons (Fsp3) is 0.200. The van der Waals surface area contributed by atoms with Gasteiger partial charge in [0.25, 0.3) is 5.97 Å². The van der Waals surface area contributed by atoms with Crippen molar-refractivity contribution in [3.05, 3.63) is 82.2 Å². The number of hydrogen-bond acceptors (Lipinski definition) is 10. The van der Waals surface area contributed by atoms with Crippen molar-refractivity contribution >= 4 is 17.5 Å². The number of amidine groups is 1. The first-order valence-electron chi connectivity index (χ1n) is 11.4. The SMILES string of the molecule is CC(=O)O.COc1cc(C(Nc2ccc(C(=N)N)cc2)c2nn(-c3cccnn3)c(=O)[nH]2)cc(OC)c1OC. The van der Waals surface area contributed by atoms with Gasteiger partial charge in [-0.2, -0.15) is 9.78 Å². The zero-order valence-electron chi connectivity index (χ0n) is 21.6. The number of carbonyl (C=O) groups is 1. The maximum atomic E-state index is 12.7. The number of ether oxygens (including phenoxy) is 3. The van der Waals surface area contributed by atoms with E-state index < -0.39 is 17.7 Å². The van der Waals surface area contributed by atoms with Crippen LogP contribution in [-0.4, -0.2) is 63.2 Å². The number of aromatic amines is 1. The van der Waals surface area contributed by atoms with Crippen LogP contribution in [0.3, 0.4) is 0 Å². The minimum Gasteiger partial charge on any atom is -0.493 e. The number of nitrogens with one attached hydrogen (secondary N) is 3. The summed E-state index contributed by atoms with van der Waals surface area (Å²) in [6.45, 7) is 1.08. The molecule has 39 heavy (non-hydrogen) atoms. The Balaban J connectivity index is 0.000000983. The minimum absolute atomic E-state index is 0.0372. The topological polar surface area (TPSA) is 203 Å². The van der Waals surface area contributed by atoms with E-state index in [0.29, 0.717) is 39.9 Å². The number of methoxy groups -OCH3 is 3. The van der Waals surface area contributed by atoms with Crippen molar-refractivity contribution in [1.82, 2.24) is 25.0 Å². The van der Waals surface area contributed by atoms with E-state index in [1.807, 2.05) is 0 Å². The molecule has 0 amide bonds. The molecule has 0 fully saturated rings. The van der Waals surface area contributed by atoms with E-state index in [9.17, 15) is 4.79 Å². The maximum absolute atomic E-state index is 12.7. The third-order valence-corrected chi connectivity index (χ3v) is 5.21. The van der Waals surface area contributed by atoms with Gasteiger partial charge < -0.3 is 30.4 Å². The highest BCUT2D eigenvalue weighted by Gasteiger charge is 2.24. The van der Waals surface area contributed by atoms with Gasteiger partial charge in [0.05, 0.1) is 21.3 Å². The normalized spacial score (nSPS) is 11.0. The number of nitrogen functional groups attached to an aromatic ring is 1. The van der Waals surface area contributed by atoms with Gasteiger partial charge in [-0.1, -0.05) is 0 Å². The standard InChI is InChI=1S/C23H24N8O4.C2H4O2/c1-33-16-11-14(12-17(34-2)20(16)35-3)19(27-15-8-6-13(7-9-15)21(24)25)22-28-23(32)31(30-22)18-5-4-10-26-29-18;1-2(3)4/h4-12,19,27H,1-3H3,(H3,24,25)(H,28,30,32);1H3,(H,3,4). The number of aliphatic carboxylic acids is 1. The molecule has 0 aliphatic rings. The number of benzene rings is 2. The van der Waals surface area contributed by atoms with Gasteiger partial charge >= 0.3 is 5.69 Å². The number of rotatable bonds is 9. The van der Waals surface area contributed by atoms with Crippen LogP contribution < -0.4 is 31.0 Å². The molecule has 4 aromatic rings.